The van der Waals surface area contributed by atoms with Crippen molar-refractivity contribution in [1.82, 2.24) is 0 Å². The van der Waals surface area contributed by atoms with Crippen LogP contribution in [-0.4, -0.2) is 0 Å². The Morgan fingerprint density at radius 2 is 0.526 bits per heavy atom. The monoisotopic (exact) mass is 524 g/mol. The molecule has 0 aromatic heterocycles. The van der Waals surface area contributed by atoms with Gasteiger partial charge in [0.25, 0.3) is 0 Å². The van der Waals surface area contributed by atoms with E-state index < -0.39 is 0 Å². The SMILES string of the molecule is CCCCCC=CCC=CCC=CCCCC[CH]CCCCCCCCCCC=CCC=CCCCCC. The van der Waals surface area contributed by atoms with E-state index in [4.69, 9.17) is 0 Å². The summed E-state index contributed by atoms with van der Waals surface area (Å²) in [7, 11) is 0. The molecule has 38 heavy (non-hydrogen) atoms. The molecule has 0 nitrogen and oxygen atoms in total. The minimum Gasteiger partial charge on any atom is -0.0882 e. The predicted molar refractivity (Wildman–Crippen MR) is 177 cm³/mol. The lowest BCUT2D eigenvalue weighted by Gasteiger charge is -2.02. The van der Waals surface area contributed by atoms with Crippen LogP contribution >= 0.6 is 0 Å². The average Bonchev–Trinajstić information content (AvgIpc) is 2.93. The molecule has 0 fully saturated rings. The van der Waals surface area contributed by atoms with E-state index in [1.165, 1.54) is 141 Å². The molecule has 0 aromatic rings. The first-order valence-corrected chi connectivity index (χ1v) is 17.0. The second kappa shape index (κ2) is 35.7. The van der Waals surface area contributed by atoms with Crippen molar-refractivity contribution in [2.75, 3.05) is 0 Å². The van der Waals surface area contributed by atoms with Crippen LogP contribution in [0.5, 0.6) is 0 Å². The summed E-state index contributed by atoms with van der Waals surface area (Å²) < 4.78 is 0. The van der Waals surface area contributed by atoms with Crippen LogP contribution in [0.15, 0.2) is 60.8 Å². The van der Waals surface area contributed by atoms with Crippen LogP contribution in [0.4, 0.5) is 0 Å². The number of hydrogen-bond donors (Lipinski definition) is 0. The first-order valence-electron chi connectivity index (χ1n) is 17.0. The maximum Gasteiger partial charge on any atom is -0.0169 e. The molecule has 0 amide bonds. The number of allylic oxidation sites excluding steroid dienone is 10. The highest BCUT2D eigenvalue weighted by Crippen LogP contribution is 2.13. The smallest absolute Gasteiger partial charge is 0.0169 e. The Morgan fingerprint density at radius 1 is 0.263 bits per heavy atom. The molecule has 0 spiro atoms. The Kier molecular flexibility index (Phi) is 34.5. The maximum atomic E-state index is 2.54. The molecule has 0 saturated carbocycles. The largest absolute Gasteiger partial charge is 0.0882 e. The van der Waals surface area contributed by atoms with Gasteiger partial charge in [-0.05, 0) is 77.0 Å². The van der Waals surface area contributed by atoms with Crippen molar-refractivity contribution < 1.29 is 0 Å². The Balaban J connectivity index is 3.21. The van der Waals surface area contributed by atoms with E-state index in [0.29, 0.717) is 0 Å². The van der Waals surface area contributed by atoms with Crippen LogP contribution in [0.3, 0.4) is 0 Å². The topological polar surface area (TPSA) is 0 Å². The van der Waals surface area contributed by atoms with Crippen LogP contribution in [0, 0.1) is 6.42 Å². The molecule has 0 aliphatic carbocycles. The molecule has 0 aliphatic rings. The molecule has 0 bridgehead atoms. The van der Waals surface area contributed by atoms with Crippen LogP contribution in [-0.2, 0) is 0 Å². The van der Waals surface area contributed by atoms with Gasteiger partial charge in [-0.15, -0.1) is 0 Å². The minimum atomic E-state index is 1.09. The molecule has 0 atom stereocenters. The molecule has 0 aliphatic heterocycles. The summed E-state index contributed by atoms with van der Waals surface area (Å²) in [4.78, 5) is 0. The summed E-state index contributed by atoms with van der Waals surface area (Å²) in [6.07, 6.45) is 59.0. The fourth-order valence-electron chi connectivity index (χ4n) is 4.62. The van der Waals surface area contributed by atoms with E-state index in [-0.39, 0.29) is 0 Å². The van der Waals surface area contributed by atoms with Gasteiger partial charge in [-0.1, -0.05) is 164 Å². The van der Waals surface area contributed by atoms with E-state index in [9.17, 15) is 0 Å². The fraction of sp³-hybridized carbons (Fsp3) is 0.711. The Bertz CT molecular complexity index is 559. The molecule has 0 heteroatoms. The van der Waals surface area contributed by atoms with Crippen LogP contribution in [0.2, 0.25) is 0 Å². The van der Waals surface area contributed by atoms with Gasteiger partial charge in [0.05, 0.1) is 0 Å². The molecule has 219 valence electrons. The Hall–Kier alpha value is -1.30. The van der Waals surface area contributed by atoms with Gasteiger partial charge in [-0.3, -0.25) is 0 Å². The second-order valence-electron chi connectivity index (χ2n) is 11.0. The van der Waals surface area contributed by atoms with Crippen LogP contribution < -0.4 is 0 Å². The Morgan fingerprint density at radius 3 is 0.921 bits per heavy atom. The molecular weight excluding hydrogens is 456 g/mol. The zero-order chi connectivity index (χ0) is 27.5. The summed E-state index contributed by atoms with van der Waals surface area (Å²) in [5, 5.41) is 0. The quantitative estimate of drug-likeness (QED) is 0.0648. The number of unbranched alkanes of at least 4 members (excludes halogenated alkanes) is 20. The molecule has 0 heterocycles. The third-order valence-corrected chi connectivity index (χ3v) is 7.16. The summed E-state index contributed by atoms with van der Waals surface area (Å²) in [5.41, 5.74) is 0. The molecular formula is C38H67. The normalized spacial score (nSPS) is 12.6. The van der Waals surface area contributed by atoms with Gasteiger partial charge in [0.2, 0.25) is 0 Å². The molecule has 0 aromatic carbocycles. The van der Waals surface area contributed by atoms with Gasteiger partial charge in [-0.2, -0.15) is 0 Å². The highest BCUT2D eigenvalue weighted by Gasteiger charge is 1.94. The van der Waals surface area contributed by atoms with E-state index >= 15 is 0 Å². The van der Waals surface area contributed by atoms with E-state index in [1.807, 2.05) is 0 Å². The van der Waals surface area contributed by atoms with Gasteiger partial charge in [0.15, 0.2) is 0 Å². The minimum absolute atomic E-state index is 1.09. The van der Waals surface area contributed by atoms with Crippen LogP contribution in [0.25, 0.3) is 0 Å². The van der Waals surface area contributed by atoms with Gasteiger partial charge >= 0.3 is 0 Å². The highest BCUT2D eigenvalue weighted by atomic mass is 14.0. The fourth-order valence-corrected chi connectivity index (χ4v) is 4.62. The second-order valence-corrected chi connectivity index (χ2v) is 11.0. The van der Waals surface area contributed by atoms with Crippen molar-refractivity contribution in [3.05, 3.63) is 67.2 Å². The van der Waals surface area contributed by atoms with Crippen molar-refractivity contribution in [2.45, 2.75) is 174 Å². The lowest BCUT2D eigenvalue weighted by molar-refractivity contribution is 0.564. The lowest BCUT2D eigenvalue weighted by atomic mass is 10.0. The van der Waals surface area contributed by atoms with Crippen molar-refractivity contribution in [3.8, 4) is 0 Å². The van der Waals surface area contributed by atoms with Gasteiger partial charge in [0, 0.05) is 0 Å². The summed E-state index contributed by atoms with van der Waals surface area (Å²) in [6.45, 7) is 4.53. The molecule has 0 saturated heterocycles. The predicted octanol–water partition coefficient (Wildman–Crippen LogP) is 13.8. The van der Waals surface area contributed by atoms with E-state index in [0.717, 1.165) is 19.3 Å². The standard InChI is InChI=1S/C38H67/c1-3-5-7-9-11-13-15-17-19-21-23-25-27-29-31-33-35-37-38-36-34-32-30-28-26-24-22-20-18-16-14-12-10-8-6-4-2/h11-14,17-20,23,25,35H,3-10,15-16,21-22,24,26-34,36-38H2,1-2H3. The molecule has 0 rings (SSSR count). The van der Waals surface area contributed by atoms with Gasteiger partial charge in [0.1, 0.15) is 0 Å². The number of hydrogen-bond acceptors (Lipinski definition) is 0. The third kappa shape index (κ3) is 34.7. The summed E-state index contributed by atoms with van der Waals surface area (Å²) in [6, 6.07) is 0. The first-order chi connectivity index (χ1) is 18.9. The van der Waals surface area contributed by atoms with Crippen molar-refractivity contribution in [3.63, 3.8) is 0 Å². The molecule has 0 N–H and O–H groups in total. The summed E-state index contributed by atoms with van der Waals surface area (Å²) in [5.74, 6) is 0. The van der Waals surface area contributed by atoms with Crippen molar-refractivity contribution >= 4 is 0 Å². The number of rotatable bonds is 30. The van der Waals surface area contributed by atoms with Gasteiger partial charge < -0.3 is 0 Å². The van der Waals surface area contributed by atoms with Gasteiger partial charge in [-0.25, -0.2) is 0 Å². The summed E-state index contributed by atoms with van der Waals surface area (Å²) >= 11 is 0. The van der Waals surface area contributed by atoms with Crippen molar-refractivity contribution in [1.29, 1.82) is 0 Å². The van der Waals surface area contributed by atoms with E-state index in [1.54, 1.807) is 0 Å². The molecule has 1 radical (unpaired) electrons. The maximum absolute atomic E-state index is 2.54. The average molecular weight is 524 g/mol. The molecule has 0 unspecified atom stereocenters. The lowest BCUT2D eigenvalue weighted by Crippen LogP contribution is -1.83. The van der Waals surface area contributed by atoms with E-state index in [2.05, 4.69) is 81.0 Å². The van der Waals surface area contributed by atoms with Crippen molar-refractivity contribution in [2.24, 2.45) is 0 Å². The van der Waals surface area contributed by atoms with Crippen LogP contribution in [0.1, 0.15) is 174 Å². The zero-order valence-electron chi connectivity index (χ0n) is 26.0. The zero-order valence-corrected chi connectivity index (χ0v) is 26.0. The third-order valence-electron chi connectivity index (χ3n) is 7.16. The highest BCUT2D eigenvalue weighted by molar-refractivity contribution is 4.97. The Labute approximate surface area is 241 Å². The first kappa shape index (κ1) is 36.7.